The summed E-state index contributed by atoms with van der Waals surface area (Å²) in [6.07, 6.45) is 5.64. The Hall–Kier alpha value is -1.82. The summed E-state index contributed by atoms with van der Waals surface area (Å²) in [7, 11) is 0. The fraction of sp³-hybridized carbons (Fsp3) is 0.231. The summed E-state index contributed by atoms with van der Waals surface area (Å²) in [6, 6.07) is 3.76. The number of allylic oxidation sites excluding steroid dienone is 1. The lowest BCUT2D eigenvalue weighted by Gasteiger charge is -2.08. The summed E-state index contributed by atoms with van der Waals surface area (Å²) in [6.45, 7) is 4.64. The van der Waals surface area contributed by atoms with Gasteiger partial charge in [0, 0.05) is 13.0 Å². The van der Waals surface area contributed by atoms with Crippen molar-refractivity contribution in [2.24, 2.45) is 0 Å². The predicted octanol–water partition coefficient (Wildman–Crippen LogP) is 2.44. The fourth-order valence-corrected chi connectivity index (χ4v) is 2.06. The first-order chi connectivity index (χ1) is 9.22. The van der Waals surface area contributed by atoms with Gasteiger partial charge in [0.2, 0.25) is 0 Å². The molecule has 1 N–H and O–H groups in total. The normalized spacial score (nSPS) is 10.4. The minimum atomic E-state index is -0.178. The minimum Gasteiger partial charge on any atom is -0.469 e. The molecule has 0 aromatic carbocycles. The molecule has 0 atom stereocenters. The molecule has 0 fully saturated rings. The number of hydrogen-bond donors (Lipinski definition) is 1. The van der Waals surface area contributed by atoms with E-state index in [1.807, 2.05) is 12.1 Å². The van der Waals surface area contributed by atoms with Gasteiger partial charge >= 0.3 is 0 Å². The molecule has 2 rings (SSSR count). The van der Waals surface area contributed by atoms with E-state index in [0.717, 1.165) is 12.2 Å². The fourth-order valence-electron chi connectivity index (χ4n) is 1.62. The molecule has 5 nitrogen and oxygen atoms in total. The predicted molar refractivity (Wildman–Crippen MR) is 77.3 cm³/mol. The molecule has 2 heterocycles. The number of furan rings is 1. The smallest absolute Gasteiger partial charge is 0.283 e. The topological polar surface area (TPSA) is 60.1 Å². The molecule has 0 unspecified atom stereocenters. The summed E-state index contributed by atoms with van der Waals surface area (Å²) < 4.78 is 7.05. The Balaban J connectivity index is 2.02. The van der Waals surface area contributed by atoms with Gasteiger partial charge in [0.25, 0.3) is 5.56 Å². The van der Waals surface area contributed by atoms with Crippen LogP contribution in [0.1, 0.15) is 5.76 Å². The highest BCUT2D eigenvalue weighted by atomic mass is 79.9. The van der Waals surface area contributed by atoms with E-state index in [1.54, 1.807) is 18.5 Å². The second-order valence-corrected chi connectivity index (χ2v) is 4.70. The highest BCUT2D eigenvalue weighted by molar-refractivity contribution is 9.10. The molecule has 2 aromatic rings. The van der Waals surface area contributed by atoms with Gasteiger partial charge in [-0.3, -0.25) is 4.79 Å². The number of anilines is 1. The quantitative estimate of drug-likeness (QED) is 0.829. The number of halogens is 1. The maximum atomic E-state index is 11.9. The zero-order valence-corrected chi connectivity index (χ0v) is 11.9. The molecule has 0 aliphatic rings. The summed E-state index contributed by atoms with van der Waals surface area (Å²) >= 11 is 3.29. The number of aromatic nitrogens is 2. The maximum absolute atomic E-state index is 11.9. The van der Waals surface area contributed by atoms with Gasteiger partial charge < -0.3 is 9.73 Å². The second kappa shape index (κ2) is 6.38. The van der Waals surface area contributed by atoms with Crippen LogP contribution in [-0.4, -0.2) is 16.3 Å². The molecular formula is C13H14BrN3O2. The van der Waals surface area contributed by atoms with Crippen LogP contribution in [0.5, 0.6) is 0 Å². The number of nitrogens with zero attached hydrogens (tertiary/aromatic N) is 2. The molecule has 2 aromatic heterocycles. The van der Waals surface area contributed by atoms with Crippen molar-refractivity contribution in [3.8, 4) is 0 Å². The van der Waals surface area contributed by atoms with Crippen LogP contribution < -0.4 is 10.9 Å². The molecule has 0 aliphatic heterocycles. The summed E-state index contributed by atoms with van der Waals surface area (Å²) in [5.41, 5.74) is 0.500. The first-order valence-electron chi connectivity index (χ1n) is 5.85. The van der Waals surface area contributed by atoms with E-state index in [9.17, 15) is 4.79 Å². The van der Waals surface area contributed by atoms with E-state index < -0.39 is 0 Å². The average Bonchev–Trinajstić information content (AvgIpc) is 2.91. The van der Waals surface area contributed by atoms with Gasteiger partial charge in [0.05, 0.1) is 24.7 Å². The van der Waals surface area contributed by atoms with Crippen LogP contribution in [0.2, 0.25) is 0 Å². The van der Waals surface area contributed by atoms with Crippen molar-refractivity contribution in [3.63, 3.8) is 0 Å². The Bertz CT molecular complexity index is 605. The van der Waals surface area contributed by atoms with Crippen LogP contribution in [0.4, 0.5) is 5.69 Å². The van der Waals surface area contributed by atoms with Gasteiger partial charge in [-0.05, 0) is 28.1 Å². The van der Waals surface area contributed by atoms with Gasteiger partial charge in [0.1, 0.15) is 10.2 Å². The Morgan fingerprint density at radius 1 is 1.58 bits per heavy atom. The van der Waals surface area contributed by atoms with Crippen LogP contribution in [0.3, 0.4) is 0 Å². The first-order valence-corrected chi connectivity index (χ1v) is 6.64. The minimum absolute atomic E-state index is 0.178. The molecule has 0 saturated heterocycles. The van der Waals surface area contributed by atoms with Crippen molar-refractivity contribution in [1.82, 2.24) is 9.78 Å². The molecule has 0 bridgehead atoms. The van der Waals surface area contributed by atoms with Gasteiger partial charge in [-0.2, -0.15) is 5.10 Å². The summed E-state index contributed by atoms with van der Waals surface area (Å²) in [5.74, 6) is 0.900. The van der Waals surface area contributed by atoms with E-state index in [1.165, 1.54) is 4.68 Å². The maximum Gasteiger partial charge on any atom is 0.283 e. The lowest BCUT2D eigenvalue weighted by Crippen LogP contribution is -2.24. The highest BCUT2D eigenvalue weighted by Gasteiger charge is 2.07. The molecular weight excluding hydrogens is 310 g/mol. The molecule has 6 heteroatoms. The van der Waals surface area contributed by atoms with Gasteiger partial charge in [-0.15, -0.1) is 6.58 Å². The molecule has 19 heavy (non-hydrogen) atoms. The van der Waals surface area contributed by atoms with Gasteiger partial charge in [0.15, 0.2) is 0 Å². The van der Waals surface area contributed by atoms with Crippen molar-refractivity contribution in [1.29, 1.82) is 0 Å². The van der Waals surface area contributed by atoms with Crippen LogP contribution >= 0.6 is 15.9 Å². The van der Waals surface area contributed by atoms with Crippen LogP contribution in [0, 0.1) is 0 Å². The standard InChI is InChI=1S/C13H14BrN3O2/c1-2-7-17-13(18)12(14)11(9-16-17)15-6-5-10-4-3-8-19-10/h2-4,8-9,15H,1,5-7H2. The monoisotopic (exact) mass is 323 g/mol. The zero-order chi connectivity index (χ0) is 13.7. The molecule has 0 aliphatic carbocycles. The van der Waals surface area contributed by atoms with Crippen molar-refractivity contribution >= 4 is 21.6 Å². The van der Waals surface area contributed by atoms with E-state index in [0.29, 0.717) is 23.2 Å². The van der Waals surface area contributed by atoms with Gasteiger partial charge in [-0.25, -0.2) is 4.68 Å². The van der Waals surface area contributed by atoms with E-state index in [-0.39, 0.29) is 5.56 Å². The van der Waals surface area contributed by atoms with Gasteiger partial charge in [-0.1, -0.05) is 6.08 Å². The second-order valence-electron chi connectivity index (χ2n) is 3.90. The van der Waals surface area contributed by atoms with Crippen molar-refractivity contribution in [2.75, 3.05) is 11.9 Å². The van der Waals surface area contributed by atoms with Crippen molar-refractivity contribution < 1.29 is 4.42 Å². The van der Waals surface area contributed by atoms with Crippen molar-refractivity contribution in [3.05, 3.63) is 57.8 Å². The Kier molecular flexibility index (Phi) is 4.57. The number of hydrogen-bond acceptors (Lipinski definition) is 4. The Labute approximate surface area is 119 Å². The summed E-state index contributed by atoms with van der Waals surface area (Å²) in [5, 5.41) is 7.21. The Morgan fingerprint density at radius 3 is 3.11 bits per heavy atom. The van der Waals surface area contributed by atoms with Crippen LogP contribution in [0.25, 0.3) is 0 Å². The number of nitrogens with one attached hydrogen (secondary N) is 1. The van der Waals surface area contributed by atoms with Crippen LogP contribution in [0.15, 0.2) is 50.9 Å². The third kappa shape index (κ3) is 3.35. The third-order valence-corrected chi connectivity index (χ3v) is 3.32. The lowest BCUT2D eigenvalue weighted by atomic mass is 10.3. The zero-order valence-electron chi connectivity index (χ0n) is 10.3. The number of rotatable bonds is 6. The first kappa shape index (κ1) is 13.6. The SMILES string of the molecule is C=CCn1ncc(NCCc2ccco2)c(Br)c1=O. The van der Waals surface area contributed by atoms with Crippen molar-refractivity contribution in [2.45, 2.75) is 13.0 Å². The molecule has 0 amide bonds. The van der Waals surface area contributed by atoms with E-state index in [2.05, 4.69) is 32.9 Å². The lowest BCUT2D eigenvalue weighted by molar-refractivity contribution is 0.513. The molecule has 0 radical (unpaired) electrons. The van der Waals surface area contributed by atoms with E-state index >= 15 is 0 Å². The molecule has 0 spiro atoms. The molecule has 100 valence electrons. The average molecular weight is 324 g/mol. The van der Waals surface area contributed by atoms with Crippen LogP contribution in [-0.2, 0) is 13.0 Å². The highest BCUT2D eigenvalue weighted by Crippen LogP contribution is 2.16. The molecule has 0 saturated carbocycles. The largest absolute Gasteiger partial charge is 0.469 e. The summed E-state index contributed by atoms with van der Waals surface area (Å²) in [4.78, 5) is 11.9. The Morgan fingerprint density at radius 2 is 2.42 bits per heavy atom. The van der Waals surface area contributed by atoms with E-state index in [4.69, 9.17) is 4.42 Å². The third-order valence-electron chi connectivity index (χ3n) is 2.55.